The van der Waals surface area contributed by atoms with Gasteiger partial charge >= 0.3 is 30.1 Å². The van der Waals surface area contributed by atoms with Gasteiger partial charge in [-0.2, -0.15) is 52.7 Å². The van der Waals surface area contributed by atoms with Crippen molar-refractivity contribution in [3.05, 3.63) is 11.7 Å². The van der Waals surface area contributed by atoms with Crippen LogP contribution >= 0.6 is 0 Å². The number of rotatable bonds is 4. The summed E-state index contributed by atoms with van der Waals surface area (Å²) < 4.78 is 163. The van der Waals surface area contributed by atoms with Crippen molar-refractivity contribution in [1.29, 1.82) is 0 Å². The van der Waals surface area contributed by atoms with Crippen molar-refractivity contribution in [2.75, 3.05) is 7.11 Å². The summed E-state index contributed by atoms with van der Waals surface area (Å²) >= 11 is 0. The molecule has 0 fully saturated rings. The summed E-state index contributed by atoms with van der Waals surface area (Å²) in [6, 6.07) is 0. The molecular formula is C8H3F13O. The molecule has 1 nitrogen and oxygen atoms in total. The molecule has 0 saturated carbocycles. The maximum atomic E-state index is 13.4. The highest BCUT2D eigenvalue weighted by Gasteiger charge is 2.83. The molecule has 0 rings (SSSR count). The predicted octanol–water partition coefficient (Wildman–Crippen LogP) is 4.84. The summed E-state index contributed by atoms with van der Waals surface area (Å²) in [5.41, 5.74) is 0. The Bertz CT molecular complexity index is 444. The van der Waals surface area contributed by atoms with Crippen LogP contribution in [0.4, 0.5) is 57.1 Å². The van der Waals surface area contributed by atoms with Crippen LogP contribution in [-0.4, -0.2) is 37.2 Å². The Kier molecular flexibility index (Phi) is 5.15. The number of hydrogen-bond donors (Lipinski definition) is 0. The molecule has 0 unspecified atom stereocenters. The van der Waals surface area contributed by atoms with Gasteiger partial charge in [-0.05, 0) is 0 Å². The molecule has 132 valence electrons. The summed E-state index contributed by atoms with van der Waals surface area (Å²) in [7, 11) is -0.469. The summed E-state index contributed by atoms with van der Waals surface area (Å²) in [5.74, 6) is -29.6. The van der Waals surface area contributed by atoms with Gasteiger partial charge in [0.1, 0.15) is 0 Å². The van der Waals surface area contributed by atoms with E-state index in [0.717, 1.165) is 0 Å². The zero-order valence-corrected chi connectivity index (χ0v) is 9.82. The van der Waals surface area contributed by atoms with Crippen molar-refractivity contribution in [3.8, 4) is 0 Å². The first-order valence-electron chi connectivity index (χ1n) is 4.57. The average Bonchev–Trinajstić information content (AvgIpc) is 2.32. The van der Waals surface area contributed by atoms with E-state index < -0.39 is 48.8 Å². The molecule has 0 heterocycles. The van der Waals surface area contributed by atoms with Crippen LogP contribution in [0.15, 0.2) is 11.7 Å². The van der Waals surface area contributed by atoms with Crippen LogP contribution in [0.1, 0.15) is 0 Å². The Labute approximate surface area is 112 Å². The van der Waals surface area contributed by atoms with Gasteiger partial charge < -0.3 is 4.74 Å². The topological polar surface area (TPSA) is 9.23 Å². The fourth-order valence-corrected chi connectivity index (χ4v) is 1.00. The van der Waals surface area contributed by atoms with E-state index in [4.69, 9.17) is 0 Å². The number of halogens is 13. The molecule has 22 heavy (non-hydrogen) atoms. The van der Waals surface area contributed by atoms with Crippen molar-refractivity contribution in [1.82, 2.24) is 0 Å². The van der Waals surface area contributed by atoms with E-state index in [2.05, 4.69) is 4.74 Å². The second kappa shape index (κ2) is 5.45. The van der Waals surface area contributed by atoms with E-state index in [1.54, 1.807) is 0 Å². The molecule has 0 saturated heterocycles. The average molecular weight is 362 g/mol. The van der Waals surface area contributed by atoms with E-state index in [-0.39, 0.29) is 0 Å². The fourth-order valence-electron chi connectivity index (χ4n) is 1.00. The van der Waals surface area contributed by atoms with Crippen molar-refractivity contribution in [3.63, 3.8) is 0 Å². The minimum atomic E-state index is -7.38. The molecule has 1 atom stereocenters. The Hall–Kier alpha value is -1.21. The fraction of sp³-hybridized carbons (Fsp3) is 0.750. The molecule has 0 bridgehead atoms. The van der Waals surface area contributed by atoms with Gasteiger partial charge in [-0.25, -0.2) is 4.39 Å². The van der Waals surface area contributed by atoms with Gasteiger partial charge in [0, 0.05) is 7.11 Å². The van der Waals surface area contributed by atoms with Crippen LogP contribution < -0.4 is 0 Å². The third-order valence-corrected chi connectivity index (χ3v) is 2.16. The Morgan fingerprint density at radius 1 is 0.636 bits per heavy atom. The lowest BCUT2D eigenvalue weighted by Gasteiger charge is -2.36. The maximum absolute atomic E-state index is 13.4. The van der Waals surface area contributed by atoms with E-state index >= 15 is 0 Å². The van der Waals surface area contributed by atoms with Crippen LogP contribution in [0.25, 0.3) is 0 Å². The maximum Gasteiger partial charge on any atom is 0.460 e. The second-order valence-electron chi connectivity index (χ2n) is 3.57. The highest BCUT2D eigenvalue weighted by atomic mass is 19.4. The van der Waals surface area contributed by atoms with E-state index in [1.807, 2.05) is 0 Å². The van der Waals surface area contributed by atoms with Crippen LogP contribution in [0.3, 0.4) is 0 Å². The first-order chi connectivity index (χ1) is 9.38. The molecule has 0 aromatic heterocycles. The minimum Gasteiger partial charge on any atom is -0.339 e. The van der Waals surface area contributed by atoms with E-state index in [0.29, 0.717) is 0 Å². The summed E-state index contributed by atoms with van der Waals surface area (Å²) in [6.07, 6.45) is -13.7. The van der Waals surface area contributed by atoms with Gasteiger partial charge in [-0.3, -0.25) is 0 Å². The number of allylic oxidation sites excluding steroid dienone is 1. The molecule has 0 spiro atoms. The van der Waals surface area contributed by atoms with Crippen molar-refractivity contribution >= 4 is 0 Å². The lowest BCUT2D eigenvalue weighted by molar-refractivity contribution is -0.406. The molecule has 0 aliphatic rings. The number of alkyl halides is 11. The normalized spacial score (nSPS) is 18.8. The molecule has 0 aromatic rings. The molecule has 0 amide bonds. The minimum absolute atomic E-state index is 0.469. The van der Waals surface area contributed by atoms with Crippen LogP contribution in [0, 0.1) is 0 Å². The Balaban J connectivity index is 6.37. The lowest BCUT2D eigenvalue weighted by atomic mass is 10.0. The Morgan fingerprint density at radius 2 is 1.00 bits per heavy atom. The smallest absolute Gasteiger partial charge is 0.339 e. The largest absolute Gasteiger partial charge is 0.460 e. The molecule has 0 aromatic carbocycles. The van der Waals surface area contributed by atoms with Crippen molar-refractivity contribution in [2.45, 2.75) is 30.1 Å². The Morgan fingerprint density at radius 3 is 1.23 bits per heavy atom. The predicted molar refractivity (Wildman–Crippen MR) is 42.1 cm³/mol. The molecule has 0 aliphatic heterocycles. The van der Waals surface area contributed by atoms with Crippen LogP contribution in [0.5, 0.6) is 0 Å². The monoisotopic (exact) mass is 362 g/mol. The standard InChI is InChI=1S/C8H3F13O/c1-22-4(11,2(9)3(10)5(12,13)14)6(15,16)7(17,18)8(19,20)21/h1H3/b3-2+/t4-/m0/s1. The zero-order chi connectivity index (χ0) is 18.4. The van der Waals surface area contributed by atoms with Gasteiger partial charge in [0.25, 0.3) is 0 Å². The van der Waals surface area contributed by atoms with Crippen molar-refractivity contribution in [2.24, 2.45) is 0 Å². The number of hydrogen-bond acceptors (Lipinski definition) is 1. The summed E-state index contributed by atoms with van der Waals surface area (Å²) in [5, 5.41) is 0. The zero-order valence-electron chi connectivity index (χ0n) is 9.82. The number of methoxy groups -OCH3 is 1. The second-order valence-corrected chi connectivity index (χ2v) is 3.57. The third-order valence-electron chi connectivity index (χ3n) is 2.16. The van der Waals surface area contributed by atoms with Crippen LogP contribution in [0.2, 0.25) is 0 Å². The lowest BCUT2D eigenvalue weighted by Crippen LogP contribution is -2.63. The van der Waals surface area contributed by atoms with Crippen molar-refractivity contribution < 1.29 is 61.8 Å². The first-order valence-corrected chi connectivity index (χ1v) is 4.57. The van der Waals surface area contributed by atoms with Gasteiger partial charge in [0.05, 0.1) is 0 Å². The summed E-state index contributed by atoms with van der Waals surface area (Å²) in [6.45, 7) is 0. The quantitative estimate of drug-likeness (QED) is 0.650. The molecular weight excluding hydrogens is 359 g/mol. The highest BCUT2D eigenvalue weighted by molar-refractivity contribution is 5.21. The SMILES string of the molecule is CO[C@@](F)(/C(F)=C(\F)C(F)(F)F)C(F)(F)C(F)(F)C(F)(F)F. The van der Waals surface area contributed by atoms with Crippen LogP contribution in [-0.2, 0) is 4.74 Å². The third kappa shape index (κ3) is 2.96. The first kappa shape index (κ1) is 20.8. The molecule has 0 aliphatic carbocycles. The van der Waals surface area contributed by atoms with E-state index in [1.165, 1.54) is 0 Å². The van der Waals surface area contributed by atoms with Gasteiger partial charge in [0.2, 0.25) is 11.7 Å². The molecule has 14 heteroatoms. The highest BCUT2D eigenvalue weighted by Crippen LogP contribution is 2.56. The van der Waals surface area contributed by atoms with Gasteiger partial charge in [-0.15, -0.1) is 0 Å². The molecule has 0 N–H and O–H groups in total. The van der Waals surface area contributed by atoms with E-state index in [9.17, 15) is 57.1 Å². The summed E-state index contributed by atoms with van der Waals surface area (Å²) in [4.78, 5) is 0. The molecule has 0 radical (unpaired) electrons. The number of ether oxygens (including phenoxy) is 1. The van der Waals surface area contributed by atoms with Gasteiger partial charge in [-0.1, -0.05) is 0 Å². The van der Waals surface area contributed by atoms with Gasteiger partial charge in [0.15, 0.2) is 0 Å².